The Morgan fingerprint density at radius 1 is 1.00 bits per heavy atom. The highest BCUT2D eigenvalue weighted by atomic mass is 16.4. The molecule has 0 spiro atoms. The molecular formula is C16H15NO3. The van der Waals surface area contributed by atoms with E-state index in [-0.39, 0.29) is 5.91 Å². The lowest BCUT2D eigenvalue weighted by molar-refractivity contribution is -0.138. The number of hydrogen-bond donors (Lipinski definition) is 2. The minimum atomic E-state index is -0.869. The molecule has 20 heavy (non-hydrogen) atoms. The summed E-state index contributed by atoms with van der Waals surface area (Å²) in [6, 6.07) is 15.7. The third-order valence-corrected chi connectivity index (χ3v) is 3.07. The first-order valence-corrected chi connectivity index (χ1v) is 6.27. The highest BCUT2D eigenvalue weighted by Gasteiger charge is 2.13. The number of amides is 1. The molecule has 0 aliphatic rings. The normalized spacial score (nSPS) is 11.7. The van der Waals surface area contributed by atoms with Crippen molar-refractivity contribution in [3.63, 3.8) is 0 Å². The van der Waals surface area contributed by atoms with E-state index in [2.05, 4.69) is 5.32 Å². The van der Waals surface area contributed by atoms with E-state index >= 15 is 0 Å². The third-order valence-electron chi connectivity index (χ3n) is 3.07. The van der Waals surface area contributed by atoms with Gasteiger partial charge >= 0.3 is 5.97 Å². The second kappa shape index (κ2) is 6.02. The molecule has 1 amide bonds. The number of rotatable bonds is 4. The molecule has 102 valence electrons. The Hall–Kier alpha value is -2.62. The van der Waals surface area contributed by atoms with E-state index < -0.39 is 11.9 Å². The zero-order chi connectivity index (χ0) is 14.5. The van der Waals surface area contributed by atoms with Crippen LogP contribution in [-0.4, -0.2) is 17.0 Å². The van der Waals surface area contributed by atoms with Crippen LogP contribution in [0.25, 0.3) is 0 Å². The van der Waals surface area contributed by atoms with E-state index in [4.69, 9.17) is 5.11 Å². The molecule has 0 saturated carbocycles. The van der Waals surface area contributed by atoms with Gasteiger partial charge in [-0.25, -0.2) is 0 Å². The van der Waals surface area contributed by atoms with Crippen LogP contribution in [0.3, 0.4) is 0 Å². The molecule has 0 fully saturated rings. The van der Waals surface area contributed by atoms with Gasteiger partial charge in [0.2, 0.25) is 0 Å². The third kappa shape index (κ3) is 3.23. The van der Waals surface area contributed by atoms with Crippen LogP contribution in [0.1, 0.15) is 28.8 Å². The maximum absolute atomic E-state index is 11.9. The summed E-state index contributed by atoms with van der Waals surface area (Å²) in [7, 11) is 0. The first-order valence-electron chi connectivity index (χ1n) is 6.27. The highest BCUT2D eigenvalue weighted by Crippen LogP contribution is 2.18. The fourth-order valence-electron chi connectivity index (χ4n) is 1.79. The van der Waals surface area contributed by atoms with Gasteiger partial charge in [-0.15, -0.1) is 0 Å². The molecule has 0 heterocycles. The van der Waals surface area contributed by atoms with Crippen molar-refractivity contribution in [2.24, 2.45) is 0 Å². The van der Waals surface area contributed by atoms with E-state index in [1.54, 1.807) is 55.5 Å². The van der Waals surface area contributed by atoms with E-state index in [0.29, 0.717) is 16.8 Å². The van der Waals surface area contributed by atoms with Crippen LogP contribution in [0.5, 0.6) is 0 Å². The topological polar surface area (TPSA) is 66.4 Å². The van der Waals surface area contributed by atoms with E-state index in [1.165, 1.54) is 0 Å². The van der Waals surface area contributed by atoms with Crippen molar-refractivity contribution in [2.45, 2.75) is 12.8 Å². The lowest BCUT2D eigenvalue weighted by Gasteiger charge is -2.09. The minimum Gasteiger partial charge on any atom is -0.481 e. The van der Waals surface area contributed by atoms with Gasteiger partial charge in [0.25, 0.3) is 5.91 Å². The summed E-state index contributed by atoms with van der Waals surface area (Å²) in [6.07, 6.45) is 0. The molecule has 0 unspecified atom stereocenters. The fourth-order valence-corrected chi connectivity index (χ4v) is 1.79. The second-order valence-electron chi connectivity index (χ2n) is 4.50. The van der Waals surface area contributed by atoms with Crippen molar-refractivity contribution in [1.82, 2.24) is 0 Å². The predicted octanol–water partition coefficient (Wildman–Crippen LogP) is 3.13. The second-order valence-corrected chi connectivity index (χ2v) is 4.50. The zero-order valence-corrected chi connectivity index (χ0v) is 11.0. The summed E-state index contributed by atoms with van der Waals surface area (Å²) in [6.45, 7) is 1.62. The van der Waals surface area contributed by atoms with Crippen molar-refractivity contribution in [3.8, 4) is 0 Å². The van der Waals surface area contributed by atoms with Crippen LogP contribution in [0.2, 0.25) is 0 Å². The first kappa shape index (κ1) is 13.8. The average Bonchev–Trinajstić information content (AvgIpc) is 2.48. The maximum atomic E-state index is 11.9. The Bertz CT molecular complexity index is 605. The molecule has 1 atom stereocenters. The van der Waals surface area contributed by atoms with Gasteiger partial charge in [0.05, 0.1) is 5.92 Å². The number of anilines is 1. The van der Waals surface area contributed by atoms with Crippen molar-refractivity contribution >= 4 is 17.6 Å². The minimum absolute atomic E-state index is 0.190. The van der Waals surface area contributed by atoms with Crippen LogP contribution in [0.15, 0.2) is 54.6 Å². The molecular weight excluding hydrogens is 254 g/mol. The van der Waals surface area contributed by atoms with Gasteiger partial charge in [-0.2, -0.15) is 0 Å². The Labute approximate surface area is 117 Å². The number of carbonyl (C=O) groups is 2. The van der Waals surface area contributed by atoms with Crippen molar-refractivity contribution < 1.29 is 14.7 Å². The number of carboxylic acid groups (broad SMARTS) is 1. The quantitative estimate of drug-likeness (QED) is 0.896. The van der Waals surface area contributed by atoms with Crippen molar-refractivity contribution in [1.29, 1.82) is 0 Å². The Balaban J connectivity index is 2.08. The van der Waals surface area contributed by atoms with Gasteiger partial charge in [-0.3, -0.25) is 9.59 Å². The summed E-state index contributed by atoms with van der Waals surface area (Å²) in [5.41, 5.74) is 1.92. The van der Waals surface area contributed by atoms with E-state index in [1.807, 2.05) is 6.07 Å². The SMILES string of the molecule is C[C@H](C(=O)O)c1ccc(NC(=O)c2ccccc2)cc1. The number of nitrogens with one attached hydrogen (secondary N) is 1. The number of aliphatic carboxylic acids is 1. The summed E-state index contributed by atoms with van der Waals surface area (Å²) >= 11 is 0. The van der Waals surface area contributed by atoms with E-state index in [9.17, 15) is 9.59 Å². The van der Waals surface area contributed by atoms with Crippen LogP contribution >= 0.6 is 0 Å². The molecule has 0 aliphatic heterocycles. The lowest BCUT2D eigenvalue weighted by Crippen LogP contribution is -2.12. The molecule has 2 rings (SSSR count). The van der Waals surface area contributed by atoms with Gasteiger partial charge in [-0.05, 0) is 36.8 Å². The van der Waals surface area contributed by atoms with E-state index in [0.717, 1.165) is 0 Å². The average molecular weight is 269 g/mol. The largest absolute Gasteiger partial charge is 0.481 e. The molecule has 2 aromatic carbocycles. The molecule has 4 heteroatoms. The Kier molecular flexibility index (Phi) is 4.15. The van der Waals surface area contributed by atoms with Crippen molar-refractivity contribution in [2.75, 3.05) is 5.32 Å². The van der Waals surface area contributed by atoms with Crippen LogP contribution < -0.4 is 5.32 Å². The number of benzene rings is 2. The molecule has 2 N–H and O–H groups in total. The molecule has 0 radical (unpaired) electrons. The Morgan fingerprint density at radius 3 is 2.15 bits per heavy atom. The van der Waals surface area contributed by atoms with Gasteiger partial charge < -0.3 is 10.4 Å². The Morgan fingerprint density at radius 2 is 1.60 bits per heavy atom. The zero-order valence-electron chi connectivity index (χ0n) is 11.0. The molecule has 0 aromatic heterocycles. The van der Waals surface area contributed by atoms with Gasteiger partial charge in [0.15, 0.2) is 0 Å². The monoisotopic (exact) mass is 269 g/mol. The van der Waals surface area contributed by atoms with Gasteiger partial charge in [0.1, 0.15) is 0 Å². The van der Waals surface area contributed by atoms with Crippen LogP contribution in [0, 0.1) is 0 Å². The van der Waals surface area contributed by atoms with Gasteiger partial charge in [-0.1, -0.05) is 30.3 Å². The number of carboxylic acids is 1. The summed E-state index contributed by atoms with van der Waals surface area (Å²) in [4.78, 5) is 22.8. The fraction of sp³-hybridized carbons (Fsp3) is 0.125. The summed E-state index contributed by atoms with van der Waals surface area (Å²) < 4.78 is 0. The van der Waals surface area contributed by atoms with Crippen molar-refractivity contribution in [3.05, 3.63) is 65.7 Å². The molecule has 4 nitrogen and oxygen atoms in total. The number of hydrogen-bond acceptors (Lipinski definition) is 2. The molecule has 0 bridgehead atoms. The summed E-state index contributed by atoms with van der Waals surface area (Å²) in [5, 5.41) is 11.7. The predicted molar refractivity (Wildman–Crippen MR) is 76.9 cm³/mol. The molecule has 2 aromatic rings. The first-order chi connectivity index (χ1) is 9.58. The highest BCUT2D eigenvalue weighted by molar-refractivity contribution is 6.04. The van der Waals surface area contributed by atoms with Crippen LogP contribution in [-0.2, 0) is 4.79 Å². The standard InChI is InChI=1S/C16H15NO3/c1-11(16(19)20)12-7-9-14(10-8-12)17-15(18)13-5-3-2-4-6-13/h2-11H,1H3,(H,17,18)(H,19,20)/t11-/m0/s1. The van der Waals surface area contributed by atoms with Crippen LogP contribution in [0.4, 0.5) is 5.69 Å². The van der Waals surface area contributed by atoms with Gasteiger partial charge in [0, 0.05) is 11.3 Å². The lowest BCUT2D eigenvalue weighted by atomic mass is 10.0. The number of carbonyl (C=O) groups excluding carboxylic acids is 1. The maximum Gasteiger partial charge on any atom is 0.310 e. The molecule has 0 aliphatic carbocycles. The smallest absolute Gasteiger partial charge is 0.310 e. The summed E-state index contributed by atoms with van der Waals surface area (Å²) in [5.74, 6) is -1.62. The molecule has 0 saturated heterocycles.